The SMILES string of the molecule is O=C1Nc2ccccc2C(c2ccccc2)=NC1Nc1nnc(C2CCNCC2)o1. The molecule has 8 heteroatoms. The number of nitrogens with one attached hydrogen (secondary N) is 3. The molecule has 0 aliphatic carbocycles. The van der Waals surface area contributed by atoms with E-state index < -0.39 is 6.17 Å². The van der Waals surface area contributed by atoms with Gasteiger partial charge in [0.05, 0.1) is 11.4 Å². The summed E-state index contributed by atoms with van der Waals surface area (Å²) in [5.41, 5.74) is 3.23. The van der Waals surface area contributed by atoms with Crippen LogP contribution in [0, 0.1) is 0 Å². The fourth-order valence-corrected chi connectivity index (χ4v) is 3.82. The Kier molecular flexibility index (Phi) is 4.98. The first-order chi connectivity index (χ1) is 14.8. The van der Waals surface area contributed by atoms with Gasteiger partial charge < -0.3 is 20.4 Å². The van der Waals surface area contributed by atoms with Crippen LogP contribution in [0.25, 0.3) is 0 Å². The van der Waals surface area contributed by atoms with Crippen LogP contribution in [0.3, 0.4) is 0 Å². The molecule has 5 rings (SSSR count). The van der Waals surface area contributed by atoms with E-state index in [-0.39, 0.29) is 17.8 Å². The summed E-state index contributed by atoms with van der Waals surface area (Å²) in [6.45, 7) is 1.87. The summed E-state index contributed by atoms with van der Waals surface area (Å²) in [7, 11) is 0. The Morgan fingerprint density at radius 1 is 0.967 bits per heavy atom. The van der Waals surface area contributed by atoms with Crippen molar-refractivity contribution in [2.24, 2.45) is 4.99 Å². The second-order valence-corrected chi connectivity index (χ2v) is 7.40. The number of aliphatic imine (C=N–C) groups is 1. The molecule has 1 atom stereocenters. The average Bonchev–Trinajstić information content (AvgIpc) is 3.21. The van der Waals surface area contributed by atoms with E-state index in [0.717, 1.165) is 48.5 Å². The van der Waals surface area contributed by atoms with Crippen LogP contribution < -0.4 is 16.0 Å². The maximum Gasteiger partial charge on any atom is 0.317 e. The van der Waals surface area contributed by atoms with E-state index in [1.165, 1.54) is 0 Å². The Balaban J connectivity index is 1.46. The second-order valence-electron chi connectivity index (χ2n) is 7.40. The van der Waals surface area contributed by atoms with Crippen LogP contribution in [0.15, 0.2) is 64.0 Å². The Morgan fingerprint density at radius 3 is 2.57 bits per heavy atom. The Bertz CT molecular complexity index is 1070. The largest absolute Gasteiger partial charge is 0.408 e. The van der Waals surface area contributed by atoms with Crippen LogP contribution in [0.2, 0.25) is 0 Å². The molecule has 3 aromatic rings. The summed E-state index contributed by atoms with van der Waals surface area (Å²) >= 11 is 0. The number of hydrogen-bond donors (Lipinski definition) is 3. The van der Waals surface area contributed by atoms with Crippen molar-refractivity contribution in [2.75, 3.05) is 23.7 Å². The molecule has 3 N–H and O–H groups in total. The highest BCUT2D eigenvalue weighted by Crippen LogP contribution is 2.27. The third-order valence-electron chi connectivity index (χ3n) is 5.38. The van der Waals surface area contributed by atoms with Gasteiger partial charge in [-0.3, -0.25) is 4.79 Å². The van der Waals surface area contributed by atoms with Gasteiger partial charge in [-0.05, 0) is 32.0 Å². The highest BCUT2D eigenvalue weighted by Gasteiger charge is 2.28. The van der Waals surface area contributed by atoms with Gasteiger partial charge in [0.1, 0.15) is 0 Å². The van der Waals surface area contributed by atoms with Crippen LogP contribution in [-0.2, 0) is 4.79 Å². The van der Waals surface area contributed by atoms with Crippen molar-refractivity contribution in [1.29, 1.82) is 0 Å². The quantitative estimate of drug-likeness (QED) is 0.620. The predicted octanol–water partition coefficient (Wildman–Crippen LogP) is 2.76. The maximum absolute atomic E-state index is 12.9. The molecular weight excluding hydrogens is 380 g/mol. The third-order valence-corrected chi connectivity index (χ3v) is 5.38. The van der Waals surface area contributed by atoms with Gasteiger partial charge in [0.2, 0.25) is 12.1 Å². The zero-order chi connectivity index (χ0) is 20.3. The van der Waals surface area contributed by atoms with Gasteiger partial charge in [-0.2, -0.15) is 0 Å². The van der Waals surface area contributed by atoms with Gasteiger partial charge >= 0.3 is 6.01 Å². The Morgan fingerprint density at radius 2 is 1.73 bits per heavy atom. The fraction of sp³-hybridized carbons (Fsp3) is 0.273. The number of amides is 1. The van der Waals surface area contributed by atoms with Crippen molar-refractivity contribution < 1.29 is 9.21 Å². The number of benzene rings is 2. The number of rotatable bonds is 4. The third kappa shape index (κ3) is 3.69. The van der Waals surface area contributed by atoms with E-state index in [2.05, 4.69) is 26.1 Å². The van der Waals surface area contributed by atoms with Crippen molar-refractivity contribution in [2.45, 2.75) is 24.9 Å². The van der Waals surface area contributed by atoms with Gasteiger partial charge in [-0.1, -0.05) is 53.6 Å². The molecule has 1 aromatic heterocycles. The summed E-state index contributed by atoms with van der Waals surface area (Å²) in [6, 6.07) is 17.6. The lowest BCUT2D eigenvalue weighted by molar-refractivity contribution is -0.116. The summed E-state index contributed by atoms with van der Waals surface area (Å²) in [6.07, 6.45) is 1.02. The molecule has 2 aliphatic rings. The first-order valence-electron chi connectivity index (χ1n) is 10.1. The van der Waals surface area contributed by atoms with Crippen LogP contribution in [0.4, 0.5) is 11.7 Å². The number of hydrogen-bond acceptors (Lipinski definition) is 7. The normalized spacial score (nSPS) is 19.4. The molecule has 8 nitrogen and oxygen atoms in total. The molecule has 2 aliphatic heterocycles. The average molecular weight is 402 g/mol. The minimum Gasteiger partial charge on any atom is -0.408 e. The molecule has 0 spiro atoms. The van der Waals surface area contributed by atoms with Crippen molar-refractivity contribution in [3.63, 3.8) is 0 Å². The van der Waals surface area contributed by atoms with Gasteiger partial charge in [-0.15, -0.1) is 5.10 Å². The standard InChI is InChI=1S/C22H22N6O2/c29-20-19(26-22-28-27-21(30-22)15-10-12-23-13-11-15)25-18(14-6-2-1-3-7-14)16-8-4-5-9-17(16)24-20/h1-9,15,19,23H,10-13H2,(H,24,29)(H,26,28). The highest BCUT2D eigenvalue weighted by atomic mass is 16.4. The summed E-state index contributed by atoms with van der Waals surface area (Å²) < 4.78 is 5.82. The summed E-state index contributed by atoms with van der Waals surface area (Å²) in [5.74, 6) is 0.559. The van der Waals surface area contributed by atoms with Crippen LogP contribution >= 0.6 is 0 Å². The molecule has 1 fully saturated rings. The Labute approximate surface area is 173 Å². The molecule has 3 heterocycles. The first-order valence-corrected chi connectivity index (χ1v) is 10.1. The maximum atomic E-state index is 12.9. The molecule has 2 aromatic carbocycles. The lowest BCUT2D eigenvalue weighted by atomic mass is 9.98. The molecule has 152 valence electrons. The van der Waals surface area contributed by atoms with Crippen molar-refractivity contribution >= 4 is 23.3 Å². The predicted molar refractivity (Wildman–Crippen MR) is 114 cm³/mol. The minimum atomic E-state index is -0.895. The van der Waals surface area contributed by atoms with E-state index in [0.29, 0.717) is 5.89 Å². The van der Waals surface area contributed by atoms with Gasteiger partial charge in [-0.25, -0.2) is 4.99 Å². The molecular formula is C22H22N6O2. The van der Waals surface area contributed by atoms with Gasteiger partial charge in [0.15, 0.2) is 0 Å². The van der Waals surface area contributed by atoms with Crippen molar-refractivity contribution in [1.82, 2.24) is 15.5 Å². The number of carbonyl (C=O) groups excluding carboxylic acids is 1. The lowest BCUT2D eigenvalue weighted by Crippen LogP contribution is -2.32. The second kappa shape index (κ2) is 8.08. The molecule has 1 unspecified atom stereocenters. The monoisotopic (exact) mass is 402 g/mol. The van der Waals surface area contributed by atoms with Crippen LogP contribution in [0.1, 0.15) is 35.8 Å². The number of carbonyl (C=O) groups is 1. The topological polar surface area (TPSA) is 104 Å². The molecule has 1 amide bonds. The van der Waals surface area contributed by atoms with Gasteiger partial charge in [0.25, 0.3) is 5.91 Å². The number of nitrogens with zero attached hydrogens (tertiary/aromatic N) is 3. The highest BCUT2D eigenvalue weighted by molar-refractivity contribution is 6.19. The van der Waals surface area contributed by atoms with E-state index in [9.17, 15) is 4.79 Å². The molecule has 0 bridgehead atoms. The first kappa shape index (κ1) is 18.5. The lowest BCUT2D eigenvalue weighted by Gasteiger charge is -2.18. The zero-order valence-corrected chi connectivity index (χ0v) is 16.3. The molecule has 1 saturated heterocycles. The number of aromatic nitrogens is 2. The van der Waals surface area contributed by atoms with Crippen molar-refractivity contribution in [3.8, 4) is 0 Å². The van der Waals surface area contributed by atoms with Gasteiger partial charge in [0, 0.05) is 17.0 Å². The molecule has 30 heavy (non-hydrogen) atoms. The number of anilines is 2. The fourth-order valence-electron chi connectivity index (χ4n) is 3.82. The molecule has 0 saturated carbocycles. The number of para-hydroxylation sites is 1. The summed E-state index contributed by atoms with van der Waals surface area (Å²) in [4.78, 5) is 17.6. The summed E-state index contributed by atoms with van der Waals surface area (Å²) in [5, 5.41) is 17.6. The van der Waals surface area contributed by atoms with E-state index >= 15 is 0 Å². The van der Waals surface area contributed by atoms with E-state index in [4.69, 9.17) is 9.41 Å². The molecule has 0 radical (unpaired) electrons. The zero-order valence-electron chi connectivity index (χ0n) is 16.3. The van der Waals surface area contributed by atoms with E-state index in [1.54, 1.807) is 0 Å². The minimum absolute atomic E-state index is 0.200. The Hall–Kier alpha value is -3.52. The van der Waals surface area contributed by atoms with E-state index in [1.807, 2.05) is 54.6 Å². The van der Waals surface area contributed by atoms with Crippen molar-refractivity contribution in [3.05, 3.63) is 71.6 Å². The number of piperidine rings is 1. The number of benzodiazepines with no additional fused rings is 1. The van der Waals surface area contributed by atoms with Crippen LogP contribution in [-0.4, -0.2) is 41.1 Å². The number of fused-ring (bicyclic) bond motifs is 1. The van der Waals surface area contributed by atoms with Crippen LogP contribution in [0.5, 0.6) is 0 Å². The smallest absolute Gasteiger partial charge is 0.317 e.